The number of hydrogen-bond acceptors (Lipinski definition) is 7. The first-order chi connectivity index (χ1) is 17.3. The second kappa shape index (κ2) is 9.64. The largest absolute Gasteiger partial charge is 0.421 e. The Bertz CT molecular complexity index is 1360. The number of alkyl halides is 3. The molecule has 1 unspecified atom stereocenters. The van der Waals surface area contributed by atoms with Crippen LogP contribution in [0.5, 0.6) is 0 Å². The molecule has 2 aromatic heterocycles. The van der Waals surface area contributed by atoms with Crippen molar-refractivity contribution in [2.75, 3.05) is 16.0 Å². The number of benzene rings is 2. The second-order valence-corrected chi connectivity index (χ2v) is 8.23. The standard InChI is InChI=1S/C24H21F3N8O/c25-24(26,27)18-12-29-23(31-17-6-7-19-16(10-17)11-21(36)32-19)34-22(18)33-20(15-4-2-1-3-5-15)8-9-35-14-28-13-30-35/h1-7,10,12-14,20H,8-9,11H2,(H,32,36)(H2,29,31,33,34). The number of aromatic nitrogens is 5. The normalized spacial score (nSPS) is 13.7. The van der Waals surface area contributed by atoms with Crippen LogP contribution in [0.15, 0.2) is 67.4 Å². The number of carbonyl (C=O) groups is 1. The summed E-state index contributed by atoms with van der Waals surface area (Å²) in [6, 6.07) is 13.8. The first-order valence-electron chi connectivity index (χ1n) is 11.1. The van der Waals surface area contributed by atoms with Gasteiger partial charge in [-0.2, -0.15) is 23.3 Å². The lowest BCUT2D eigenvalue weighted by Gasteiger charge is -2.22. The lowest BCUT2D eigenvalue weighted by molar-refractivity contribution is -0.137. The van der Waals surface area contributed by atoms with Crippen LogP contribution in [0, 0.1) is 0 Å². The van der Waals surface area contributed by atoms with Crippen molar-refractivity contribution in [2.45, 2.75) is 31.6 Å². The minimum absolute atomic E-state index is 0.00850. The molecule has 3 heterocycles. The first-order valence-corrected chi connectivity index (χ1v) is 11.1. The predicted octanol–water partition coefficient (Wildman–Crippen LogP) is 4.57. The van der Waals surface area contributed by atoms with Gasteiger partial charge in [0.2, 0.25) is 11.9 Å². The van der Waals surface area contributed by atoms with E-state index >= 15 is 0 Å². The maximum Gasteiger partial charge on any atom is 0.421 e. The van der Waals surface area contributed by atoms with Crippen LogP contribution in [0.3, 0.4) is 0 Å². The summed E-state index contributed by atoms with van der Waals surface area (Å²) in [5.41, 5.74) is 1.88. The quantitative estimate of drug-likeness (QED) is 0.329. The molecule has 3 N–H and O–H groups in total. The van der Waals surface area contributed by atoms with Gasteiger partial charge in [0.05, 0.1) is 12.5 Å². The summed E-state index contributed by atoms with van der Waals surface area (Å²) in [4.78, 5) is 23.6. The maximum absolute atomic E-state index is 13.9. The minimum Gasteiger partial charge on any atom is -0.363 e. The van der Waals surface area contributed by atoms with Crippen molar-refractivity contribution in [2.24, 2.45) is 0 Å². The highest BCUT2D eigenvalue weighted by Gasteiger charge is 2.36. The molecule has 1 aliphatic rings. The van der Waals surface area contributed by atoms with Gasteiger partial charge < -0.3 is 16.0 Å². The van der Waals surface area contributed by atoms with Crippen LogP contribution >= 0.6 is 0 Å². The third-order valence-electron chi connectivity index (χ3n) is 5.71. The van der Waals surface area contributed by atoms with Gasteiger partial charge in [-0.15, -0.1) is 0 Å². The number of amides is 1. The molecule has 0 radical (unpaired) electrons. The number of fused-ring (bicyclic) bond motifs is 1. The lowest BCUT2D eigenvalue weighted by atomic mass is 10.0. The fourth-order valence-corrected chi connectivity index (χ4v) is 3.98. The molecule has 9 nitrogen and oxygen atoms in total. The van der Waals surface area contributed by atoms with E-state index in [4.69, 9.17) is 0 Å². The van der Waals surface area contributed by atoms with Gasteiger partial charge in [-0.05, 0) is 35.7 Å². The van der Waals surface area contributed by atoms with Gasteiger partial charge in [-0.1, -0.05) is 30.3 Å². The number of carbonyl (C=O) groups excluding carboxylic acids is 1. The van der Waals surface area contributed by atoms with Gasteiger partial charge in [0.15, 0.2) is 0 Å². The molecule has 12 heteroatoms. The number of nitrogens with zero attached hydrogens (tertiary/aromatic N) is 5. The Morgan fingerprint density at radius 3 is 2.72 bits per heavy atom. The maximum atomic E-state index is 13.9. The van der Waals surface area contributed by atoms with E-state index < -0.39 is 17.8 Å². The predicted molar refractivity (Wildman–Crippen MR) is 127 cm³/mol. The summed E-state index contributed by atoms with van der Waals surface area (Å²) < 4.78 is 43.2. The number of halogens is 3. The van der Waals surface area contributed by atoms with Crippen LogP contribution in [0.2, 0.25) is 0 Å². The fraction of sp³-hybridized carbons (Fsp3) is 0.208. The molecule has 0 aliphatic carbocycles. The van der Waals surface area contributed by atoms with E-state index in [1.54, 1.807) is 29.2 Å². The van der Waals surface area contributed by atoms with Crippen LogP contribution in [0.4, 0.5) is 36.3 Å². The minimum atomic E-state index is -4.66. The van der Waals surface area contributed by atoms with Crippen molar-refractivity contribution in [3.8, 4) is 0 Å². The summed E-state index contributed by atoms with van der Waals surface area (Å²) in [6.07, 6.45) is -0.280. The van der Waals surface area contributed by atoms with Crippen LogP contribution in [-0.4, -0.2) is 30.6 Å². The highest BCUT2D eigenvalue weighted by atomic mass is 19.4. The van der Waals surface area contributed by atoms with Crippen LogP contribution in [0.25, 0.3) is 0 Å². The van der Waals surface area contributed by atoms with Crippen LogP contribution in [-0.2, 0) is 23.9 Å². The summed E-state index contributed by atoms with van der Waals surface area (Å²) in [5.74, 6) is -0.464. The van der Waals surface area contributed by atoms with Gasteiger partial charge in [-0.3, -0.25) is 9.48 Å². The average Bonchev–Trinajstić information content (AvgIpc) is 3.50. The second-order valence-electron chi connectivity index (χ2n) is 8.23. The lowest BCUT2D eigenvalue weighted by Crippen LogP contribution is -2.19. The smallest absolute Gasteiger partial charge is 0.363 e. The molecule has 1 aliphatic heterocycles. The number of rotatable bonds is 8. The molecule has 0 saturated carbocycles. The first kappa shape index (κ1) is 23.3. The third-order valence-corrected chi connectivity index (χ3v) is 5.71. The topological polar surface area (TPSA) is 110 Å². The van der Waals surface area contributed by atoms with Crippen LogP contribution in [0.1, 0.15) is 29.2 Å². The van der Waals surface area contributed by atoms with Crippen molar-refractivity contribution < 1.29 is 18.0 Å². The molecule has 184 valence electrons. The zero-order valence-corrected chi connectivity index (χ0v) is 18.8. The van der Waals surface area contributed by atoms with Gasteiger partial charge in [0.1, 0.15) is 24.0 Å². The third kappa shape index (κ3) is 5.27. The molecule has 5 rings (SSSR count). The van der Waals surface area contributed by atoms with E-state index in [1.165, 1.54) is 6.33 Å². The molecule has 2 aromatic carbocycles. The number of nitrogens with one attached hydrogen (secondary N) is 3. The average molecular weight is 494 g/mol. The molecule has 0 fully saturated rings. The number of aryl methyl sites for hydroxylation is 1. The van der Waals surface area contributed by atoms with Gasteiger partial charge in [-0.25, -0.2) is 9.97 Å². The Labute approximate surface area is 203 Å². The zero-order chi connectivity index (χ0) is 25.1. The molecular formula is C24H21F3N8O. The van der Waals surface area contributed by atoms with Crippen molar-refractivity contribution in [1.82, 2.24) is 24.7 Å². The molecular weight excluding hydrogens is 473 g/mol. The van der Waals surface area contributed by atoms with Gasteiger partial charge in [0.25, 0.3) is 0 Å². The molecule has 0 bridgehead atoms. The number of hydrogen-bond donors (Lipinski definition) is 3. The SMILES string of the molecule is O=C1Cc2cc(Nc3ncc(C(F)(F)F)c(NC(CCn4cncn4)c4ccccc4)n3)ccc2N1. The molecule has 4 aromatic rings. The van der Waals surface area contributed by atoms with Crippen LogP contribution < -0.4 is 16.0 Å². The summed E-state index contributed by atoms with van der Waals surface area (Å²) in [5, 5.41) is 12.7. The van der Waals surface area contributed by atoms with Crippen molar-refractivity contribution in [3.63, 3.8) is 0 Å². The van der Waals surface area contributed by atoms with E-state index in [2.05, 4.69) is 36.0 Å². The Hall–Kier alpha value is -4.48. The van der Waals surface area contributed by atoms with E-state index in [0.717, 1.165) is 17.3 Å². The summed E-state index contributed by atoms with van der Waals surface area (Å²) in [6.45, 7) is 0.436. The Kier molecular flexibility index (Phi) is 6.23. The number of anilines is 4. The molecule has 0 saturated heterocycles. The fourth-order valence-electron chi connectivity index (χ4n) is 3.98. The van der Waals surface area contributed by atoms with Crippen molar-refractivity contribution >= 4 is 29.0 Å². The highest BCUT2D eigenvalue weighted by molar-refractivity contribution is 5.99. The molecule has 0 spiro atoms. The van der Waals surface area contributed by atoms with E-state index in [1.807, 2.05) is 30.3 Å². The van der Waals surface area contributed by atoms with E-state index in [9.17, 15) is 18.0 Å². The van der Waals surface area contributed by atoms with E-state index in [0.29, 0.717) is 24.3 Å². The molecule has 1 atom stereocenters. The van der Waals surface area contributed by atoms with Gasteiger partial charge in [0, 0.05) is 24.1 Å². The Balaban J connectivity index is 1.44. The molecule has 1 amide bonds. The summed E-state index contributed by atoms with van der Waals surface area (Å²) in [7, 11) is 0. The molecule has 36 heavy (non-hydrogen) atoms. The van der Waals surface area contributed by atoms with E-state index in [-0.39, 0.29) is 24.1 Å². The van der Waals surface area contributed by atoms with Crippen molar-refractivity contribution in [1.29, 1.82) is 0 Å². The highest BCUT2D eigenvalue weighted by Crippen LogP contribution is 2.36. The Morgan fingerprint density at radius 1 is 1.14 bits per heavy atom. The zero-order valence-electron chi connectivity index (χ0n) is 18.8. The van der Waals surface area contributed by atoms with Crippen molar-refractivity contribution in [3.05, 3.63) is 84.1 Å². The summed E-state index contributed by atoms with van der Waals surface area (Å²) >= 11 is 0. The van der Waals surface area contributed by atoms with Gasteiger partial charge >= 0.3 is 6.18 Å². The monoisotopic (exact) mass is 494 g/mol. The Morgan fingerprint density at radius 2 is 1.97 bits per heavy atom.